The zero-order valence-electron chi connectivity index (χ0n) is 6.96. The van der Waals surface area contributed by atoms with E-state index in [1.807, 2.05) is 18.2 Å². The Kier molecular flexibility index (Phi) is 2.84. The molecule has 1 aromatic rings. The van der Waals surface area contributed by atoms with Crippen LogP contribution in [0.3, 0.4) is 0 Å². The van der Waals surface area contributed by atoms with Crippen molar-refractivity contribution >= 4 is 6.08 Å². The average Bonchev–Trinajstić information content (AvgIpc) is 2.06. The molecule has 1 heteroatoms. The monoisotopic (exact) mass is 148 g/mol. The Bertz CT molecular complexity index is 240. The van der Waals surface area contributed by atoms with E-state index in [0.29, 0.717) is 0 Å². The summed E-state index contributed by atoms with van der Waals surface area (Å²) in [4.78, 5) is 0. The summed E-state index contributed by atoms with van der Waals surface area (Å²) in [7, 11) is 0. The Balaban J connectivity index is 2.92. The van der Waals surface area contributed by atoms with E-state index in [2.05, 4.69) is 30.3 Å². The summed E-state index contributed by atoms with van der Waals surface area (Å²) in [5.41, 5.74) is 1.19. The van der Waals surface area contributed by atoms with Gasteiger partial charge in [0.05, 0.1) is 0 Å². The molecule has 0 amide bonds. The molecule has 0 N–H and O–H groups in total. The molecule has 0 aliphatic rings. The standard InChI is InChI=1S/C10H14N/c1-3-8-11-9-6-5-7-10(11)4-2/h4-7,9H,2-3,8H2,1H3/q+1. The lowest BCUT2D eigenvalue weighted by atomic mass is 10.3. The maximum Gasteiger partial charge on any atom is 0.204 e. The summed E-state index contributed by atoms with van der Waals surface area (Å²) in [6.07, 6.45) is 5.13. The van der Waals surface area contributed by atoms with Gasteiger partial charge in [-0.25, -0.2) is 0 Å². The van der Waals surface area contributed by atoms with Gasteiger partial charge >= 0.3 is 0 Å². The molecule has 1 heterocycles. The zero-order valence-corrected chi connectivity index (χ0v) is 6.96. The highest BCUT2D eigenvalue weighted by atomic mass is 14.9. The number of hydrogen-bond acceptors (Lipinski definition) is 0. The quantitative estimate of drug-likeness (QED) is 0.577. The number of rotatable bonds is 3. The third-order valence-corrected chi connectivity index (χ3v) is 1.65. The first-order valence-electron chi connectivity index (χ1n) is 3.99. The number of pyridine rings is 1. The molecule has 11 heavy (non-hydrogen) atoms. The normalized spacial score (nSPS) is 9.55. The molecule has 58 valence electrons. The molecule has 0 aromatic carbocycles. The van der Waals surface area contributed by atoms with E-state index < -0.39 is 0 Å². The highest BCUT2D eigenvalue weighted by Crippen LogP contribution is 1.92. The summed E-state index contributed by atoms with van der Waals surface area (Å²) in [5.74, 6) is 0. The van der Waals surface area contributed by atoms with E-state index in [-0.39, 0.29) is 0 Å². The highest BCUT2D eigenvalue weighted by molar-refractivity contribution is 5.36. The molecule has 0 saturated heterocycles. The molecule has 1 nitrogen and oxygen atoms in total. The van der Waals surface area contributed by atoms with Gasteiger partial charge < -0.3 is 0 Å². The fourth-order valence-corrected chi connectivity index (χ4v) is 1.12. The second kappa shape index (κ2) is 3.91. The van der Waals surface area contributed by atoms with Crippen molar-refractivity contribution in [2.75, 3.05) is 0 Å². The predicted molar refractivity (Wildman–Crippen MR) is 47.0 cm³/mol. The molecule has 0 unspecified atom stereocenters. The smallest absolute Gasteiger partial charge is 0.199 e. The highest BCUT2D eigenvalue weighted by Gasteiger charge is 2.01. The lowest BCUT2D eigenvalue weighted by molar-refractivity contribution is -0.698. The van der Waals surface area contributed by atoms with Crippen LogP contribution in [-0.2, 0) is 6.54 Å². The van der Waals surface area contributed by atoms with Gasteiger partial charge in [-0.1, -0.05) is 13.5 Å². The molecule has 0 atom stereocenters. The lowest BCUT2D eigenvalue weighted by Crippen LogP contribution is -2.35. The molecule has 0 aliphatic heterocycles. The van der Waals surface area contributed by atoms with Crippen LogP contribution >= 0.6 is 0 Å². The summed E-state index contributed by atoms with van der Waals surface area (Å²) in [5, 5.41) is 0. The Labute approximate surface area is 68.0 Å². The van der Waals surface area contributed by atoms with Gasteiger partial charge in [-0.15, -0.1) is 0 Å². The number of hydrogen-bond donors (Lipinski definition) is 0. The SMILES string of the molecule is C=Cc1cccc[n+]1CCC. The first kappa shape index (κ1) is 7.99. The van der Waals surface area contributed by atoms with E-state index in [9.17, 15) is 0 Å². The summed E-state index contributed by atoms with van der Waals surface area (Å²) >= 11 is 0. The molecule has 0 spiro atoms. The molecule has 1 aromatic heterocycles. The van der Waals surface area contributed by atoms with Crippen LogP contribution < -0.4 is 4.57 Å². The maximum atomic E-state index is 3.75. The van der Waals surface area contributed by atoms with Gasteiger partial charge in [0.1, 0.15) is 6.54 Å². The average molecular weight is 148 g/mol. The molecule has 0 radical (unpaired) electrons. The minimum absolute atomic E-state index is 1.07. The molecular formula is C10H14N+. The second-order valence-corrected chi connectivity index (χ2v) is 2.52. The molecule has 0 saturated carbocycles. The Morgan fingerprint density at radius 1 is 1.55 bits per heavy atom. The first-order valence-corrected chi connectivity index (χ1v) is 3.99. The van der Waals surface area contributed by atoms with Crippen LogP contribution in [0.5, 0.6) is 0 Å². The van der Waals surface area contributed by atoms with Crippen molar-refractivity contribution < 1.29 is 4.57 Å². The molecule has 0 aliphatic carbocycles. The van der Waals surface area contributed by atoms with Crippen LogP contribution in [0, 0.1) is 0 Å². The topological polar surface area (TPSA) is 3.88 Å². The lowest BCUT2D eigenvalue weighted by Gasteiger charge is -1.96. The van der Waals surface area contributed by atoms with Gasteiger partial charge in [0.25, 0.3) is 0 Å². The summed E-state index contributed by atoms with van der Waals surface area (Å²) in [6.45, 7) is 7.00. The largest absolute Gasteiger partial charge is 0.204 e. The van der Waals surface area contributed by atoms with Crippen LogP contribution in [0.15, 0.2) is 31.0 Å². The fraction of sp³-hybridized carbons (Fsp3) is 0.300. The number of aryl methyl sites for hydroxylation is 1. The maximum absolute atomic E-state index is 3.75. The van der Waals surface area contributed by atoms with Crippen LogP contribution in [0.1, 0.15) is 19.0 Å². The van der Waals surface area contributed by atoms with Crippen molar-refractivity contribution in [2.45, 2.75) is 19.9 Å². The fourth-order valence-electron chi connectivity index (χ4n) is 1.12. The Hall–Kier alpha value is -1.11. The van der Waals surface area contributed by atoms with E-state index in [1.54, 1.807) is 0 Å². The third kappa shape index (κ3) is 1.90. The van der Waals surface area contributed by atoms with E-state index in [1.165, 1.54) is 5.69 Å². The van der Waals surface area contributed by atoms with Crippen molar-refractivity contribution in [3.05, 3.63) is 36.7 Å². The van der Waals surface area contributed by atoms with Crippen LogP contribution in [0.25, 0.3) is 6.08 Å². The van der Waals surface area contributed by atoms with Crippen LogP contribution in [-0.4, -0.2) is 0 Å². The van der Waals surface area contributed by atoms with Crippen molar-refractivity contribution in [3.63, 3.8) is 0 Å². The second-order valence-electron chi connectivity index (χ2n) is 2.52. The first-order chi connectivity index (χ1) is 5.38. The van der Waals surface area contributed by atoms with Gasteiger partial charge in [0.15, 0.2) is 6.20 Å². The van der Waals surface area contributed by atoms with Gasteiger partial charge in [-0.2, -0.15) is 4.57 Å². The minimum Gasteiger partial charge on any atom is -0.199 e. The van der Waals surface area contributed by atoms with E-state index in [4.69, 9.17) is 0 Å². The zero-order chi connectivity index (χ0) is 8.10. The van der Waals surface area contributed by atoms with Crippen LogP contribution in [0.2, 0.25) is 0 Å². The predicted octanol–water partition coefficient (Wildman–Crippen LogP) is 2.03. The van der Waals surface area contributed by atoms with E-state index in [0.717, 1.165) is 13.0 Å². The Morgan fingerprint density at radius 3 is 3.00 bits per heavy atom. The summed E-state index contributed by atoms with van der Waals surface area (Å²) in [6, 6.07) is 6.15. The summed E-state index contributed by atoms with van der Waals surface area (Å²) < 4.78 is 2.20. The van der Waals surface area contributed by atoms with Gasteiger partial charge in [-0.3, -0.25) is 0 Å². The van der Waals surface area contributed by atoms with Crippen molar-refractivity contribution in [2.24, 2.45) is 0 Å². The minimum atomic E-state index is 1.07. The van der Waals surface area contributed by atoms with Crippen LogP contribution in [0.4, 0.5) is 0 Å². The van der Waals surface area contributed by atoms with Gasteiger partial charge in [-0.05, 0) is 6.07 Å². The van der Waals surface area contributed by atoms with Gasteiger partial charge in [0, 0.05) is 24.6 Å². The molecular weight excluding hydrogens is 134 g/mol. The molecule has 0 bridgehead atoms. The van der Waals surface area contributed by atoms with E-state index >= 15 is 0 Å². The van der Waals surface area contributed by atoms with Gasteiger partial charge in [0.2, 0.25) is 5.69 Å². The van der Waals surface area contributed by atoms with Crippen molar-refractivity contribution in [3.8, 4) is 0 Å². The number of aromatic nitrogens is 1. The molecule has 1 rings (SSSR count). The Morgan fingerprint density at radius 2 is 2.36 bits per heavy atom. The number of nitrogens with zero attached hydrogens (tertiary/aromatic N) is 1. The van der Waals surface area contributed by atoms with Crippen molar-refractivity contribution in [1.29, 1.82) is 0 Å². The van der Waals surface area contributed by atoms with Crippen molar-refractivity contribution in [1.82, 2.24) is 0 Å². The third-order valence-electron chi connectivity index (χ3n) is 1.65. The molecule has 0 fully saturated rings.